The van der Waals surface area contributed by atoms with Gasteiger partial charge in [0.2, 0.25) is 0 Å². The van der Waals surface area contributed by atoms with Gasteiger partial charge in [-0.15, -0.1) is 0 Å². The maximum absolute atomic E-state index is 12.3. The number of carboxylic acids is 2. The zero-order chi connectivity index (χ0) is 17.7. The number of hydrogen-bond acceptors (Lipinski definition) is 5. The molecule has 23 heavy (non-hydrogen) atoms. The average Bonchev–Trinajstić information content (AvgIpc) is 2.86. The molecule has 2 saturated heterocycles. The monoisotopic (exact) mass is 330 g/mol. The lowest BCUT2D eigenvalue weighted by atomic mass is 9.86. The summed E-state index contributed by atoms with van der Waals surface area (Å²) in [5.74, 6) is -3.65. The Kier molecular flexibility index (Phi) is 6.37. The van der Waals surface area contributed by atoms with E-state index in [0.29, 0.717) is 0 Å². The van der Waals surface area contributed by atoms with Crippen molar-refractivity contribution in [2.45, 2.75) is 57.6 Å². The number of likely N-dealkylation sites (tertiary alicyclic amines) is 1. The summed E-state index contributed by atoms with van der Waals surface area (Å²) >= 11 is 0. The van der Waals surface area contributed by atoms with Gasteiger partial charge in [0.05, 0.1) is 5.54 Å². The lowest BCUT2D eigenvalue weighted by Gasteiger charge is -2.44. The molecule has 2 heterocycles. The summed E-state index contributed by atoms with van der Waals surface area (Å²) in [6.45, 7) is 8.55. The van der Waals surface area contributed by atoms with E-state index in [0.717, 1.165) is 38.9 Å². The Morgan fingerprint density at radius 3 is 2.13 bits per heavy atom. The van der Waals surface area contributed by atoms with Gasteiger partial charge in [-0.05, 0) is 53.0 Å². The predicted octanol–water partition coefficient (Wildman–Crippen LogP) is 1.30. The minimum Gasteiger partial charge on any atom is -0.473 e. The van der Waals surface area contributed by atoms with E-state index in [2.05, 4.69) is 5.32 Å². The highest BCUT2D eigenvalue weighted by Crippen LogP contribution is 2.34. The van der Waals surface area contributed by atoms with Crippen LogP contribution in [0.4, 0.5) is 4.79 Å². The van der Waals surface area contributed by atoms with Crippen LogP contribution in [0.5, 0.6) is 0 Å². The van der Waals surface area contributed by atoms with Crippen LogP contribution in [0.15, 0.2) is 0 Å². The van der Waals surface area contributed by atoms with Crippen molar-refractivity contribution < 1.29 is 29.3 Å². The van der Waals surface area contributed by atoms with Gasteiger partial charge in [0, 0.05) is 13.1 Å². The minimum absolute atomic E-state index is 0.0284. The van der Waals surface area contributed by atoms with Gasteiger partial charge in [-0.25, -0.2) is 14.4 Å². The molecule has 2 fully saturated rings. The van der Waals surface area contributed by atoms with E-state index in [9.17, 15) is 4.79 Å². The molecule has 0 aromatic rings. The van der Waals surface area contributed by atoms with Gasteiger partial charge in [0.15, 0.2) is 0 Å². The van der Waals surface area contributed by atoms with Crippen LogP contribution < -0.4 is 5.32 Å². The smallest absolute Gasteiger partial charge is 0.414 e. The lowest BCUT2D eigenvalue weighted by molar-refractivity contribution is -0.159. The molecule has 0 aromatic heterocycles. The normalized spacial score (nSPS) is 23.9. The van der Waals surface area contributed by atoms with Gasteiger partial charge in [-0.2, -0.15) is 0 Å². The molecule has 1 atom stereocenters. The van der Waals surface area contributed by atoms with Crippen molar-refractivity contribution in [3.05, 3.63) is 0 Å². The molecule has 1 unspecified atom stereocenters. The summed E-state index contributed by atoms with van der Waals surface area (Å²) in [7, 11) is 0. The summed E-state index contributed by atoms with van der Waals surface area (Å²) in [6.07, 6.45) is 4.36. The molecule has 2 rings (SSSR count). The first-order valence-corrected chi connectivity index (χ1v) is 7.75. The van der Waals surface area contributed by atoms with Crippen molar-refractivity contribution in [1.82, 2.24) is 10.2 Å². The van der Waals surface area contributed by atoms with Crippen LogP contribution in [-0.2, 0) is 14.3 Å². The Bertz CT molecular complexity index is 439. The maximum Gasteiger partial charge on any atom is 0.414 e. The second-order valence-corrected chi connectivity index (χ2v) is 6.85. The molecule has 8 heteroatoms. The summed E-state index contributed by atoms with van der Waals surface area (Å²) in [4.78, 5) is 32.4. The molecule has 0 radical (unpaired) electrons. The number of carbonyl (C=O) groups is 3. The predicted molar refractivity (Wildman–Crippen MR) is 82.3 cm³/mol. The SMILES string of the molecule is CC(C)(C)OC(=O)N1CCCCC12CCNC2.O=C(O)C(=O)O. The van der Waals surface area contributed by atoms with Crippen molar-refractivity contribution in [1.29, 1.82) is 0 Å². The number of rotatable bonds is 0. The molecule has 8 nitrogen and oxygen atoms in total. The molecule has 1 spiro atoms. The van der Waals surface area contributed by atoms with Crippen LogP contribution >= 0.6 is 0 Å². The summed E-state index contributed by atoms with van der Waals surface area (Å²) < 4.78 is 5.52. The van der Waals surface area contributed by atoms with Crippen LogP contribution in [0.2, 0.25) is 0 Å². The second-order valence-electron chi connectivity index (χ2n) is 6.85. The lowest BCUT2D eigenvalue weighted by Crippen LogP contribution is -2.56. The third kappa shape index (κ3) is 5.70. The molecular formula is C15H26N2O6. The molecule has 0 bridgehead atoms. The Labute approximate surface area is 135 Å². The zero-order valence-electron chi connectivity index (χ0n) is 13.9. The topological polar surface area (TPSA) is 116 Å². The first-order valence-electron chi connectivity index (χ1n) is 7.75. The standard InChI is InChI=1S/C13H24N2O2.C2H2O4/c1-12(2,3)17-11(16)15-9-5-4-6-13(15)7-8-14-10-13;3-1(4)2(5)6/h14H,4-10H2,1-3H3;(H,3,4)(H,5,6). The van der Waals surface area contributed by atoms with Crippen molar-refractivity contribution in [2.24, 2.45) is 0 Å². The van der Waals surface area contributed by atoms with Gasteiger partial charge >= 0.3 is 18.0 Å². The van der Waals surface area contributed by atoms with Crippen LogP contribution in [0.1, 0.15) is 46.5 Å². The van der Waals surface area contributed by atoms with Crippen LogP contribution in [-0.4, -0.2) is 63.9 Å². The molecule has 0 aliphatic carbocycles. The first-order chi connectivity index (χ1) is 10.6. The van der Waals surface area contributed by atoms with Crippen LogP contribution in [0.3, 0.4) is 0 Å². The minimum atomic E-state index is -1.82. The highest BCUT2D eigenvalue weighted by Gasteiger charge is 2.44. The second kappa shape index (κ2) is 7.63. The number of carboxylic acid groups (broad SMARTS) is 2. The Balaban J connectivity index is 0.000000379. The average molecular weight is 330 g/mol. The fourth-order valence-electron chi connectivity index (χ4n) is 2.87. The quantitative estimate of drug-likeness (QED) is 0.573. The molecule has 132 valence electrons. The van der Waals surface area contributed by atoms with Crippen molar-refractivity contribution >= 4 is 18.0 Å². The van der Waals surface area contributed by atoms with Crippen molar-refractivity contribution in [3.8, 4) is 0 Å². The van der Waals surface area contributed by atoms with E-state index in [4.69, 9.17) is 24.5 Å². The number of ether oxygens (including phenoxy) is 1. The highest BCUT2D eigenvalue weighted by atomic mass is 16.6. The number of carbonyl (C=O) groups excluding carboxylic acids is 1. The number of nitrogens with one attached hydrogen (secondary N) is 1. The molecule has 3 N–H and O–H groups in total. The molecular weight excluding hydrogens is 304 g/mol. The van der Waals surface area contributed by atoms with Crippen molar-refractivity contribution in [3.63, 3.8) is 0 Å². The molecule has 2 aliphatic heterocycles. The van der Waals surface area contributed by atoms with Crippen LogP contribution in [0, 0.1) is 0 Å². The van der Waals surface area contributed by atoms with Gasteiger partial charge in [0.25, 0.3) is 0 Å². The van der Waals surface area contributed by atoms with Gasteiger partial charge in [0.1, 0.15) is 5.60 Å². The Morgan fingerprint density at radius 2 is 1.70 bits per heavy atom. The molecule has 0 aromatic carbocycles. The third-order valence-electron chi connectivity index (χ3n) is 3.86. The van der Waals surface area contributed by atoms with E-state index < -0.39 is 17.5 Å². The first kappa shape index (κ1) is 19.2. The van der Waals surface area contributed by atoms with Gasteiger partial charge in [-0.1, -0.05) is 0 Å². The van der Waals surface area contributed by atoms with E-state index in [1.807, 2.05) is 25.7 Å². The van der Waals surface area contributed by atoms with Crippen molar-refractivity contribution in [2.75, 3.05) is 19.6 Å². The van der Waals surface area contributed by atoms with Crippen LogP contribution in [0.25, 0.3) is 0 Å². The number of hydrogen-bond donors (Lipinski definition) is 3. The van der Waals surface area contributed by atoms with E-state index in [1.165, 1.54) is 6.42 Å². The van der Waals surface area contributed by atoms with Gasteiger partial charge in [-0.3, -0.25) is 0 Å². The zero-order valence-corrected chi connectivity index (χ0v) is 13.9. The Morgan fingerprint density at radius 1 is 1.09 bits per heavy atom. The van der Waals surface area contributed by atoms with E-state index >= 15 is 0 Å². The van der Waals surface area contributed by atoms with Gasteiger partial charge < -0.3 is 25.2 Å². The molecule has 2 aliphatic rings. The highest BCUT2D eigenvalue weighted by molar-refractivity contribution is 6.27. The van der Waals surface area contributed by atoms with E-state index in [1.54, 1.807) is 0 Å². The largest absolute Gasteiger partial charge is 0.473 e. The number of nitrogens with zero attached hydrogens (tertiary/aromatic N) is 1. The third-order valence-corrected chi connectivity index (χ3v) is 3.86. The Hall–Kier alpha value is -1.83. The number of aliphatic carboxylic acids is 2. The molecule has 0 saturated carbocycles. The molecule has 1 amide bonds. The summed E-state index contributed by atoms with van der Waals surface area (Å²) in [5.41, 5.74) is -0.373. The summed E-state index contributed by atoms with van der Waals surface area (Å²) in [5, 5.41) is 18.2. The maximum atomic E-state index is 12.3. The number of piperidine rings is 1. The van der Waals surface area contributed by atoms with E-state index in [-0.39, 0.29) is 11.6 Å². The fraction of sp³-hybridized carbons (Fsp3) is 0.800. The number of amides is 1. The fourth-order valence-corrected chi connectivity index (χ4v) is 2.87. The summed E-state index contributed by atoms with van der Waals surface area (Å²) in [6, 6.07) is 0.